The number of hydrogen-bond donors (Lipinski definition) is 1. The first-order valence-corrected chi connectivity index (χ1v) is 10.8. The highest BCUT2D eigenvalue weighted by Crippen LogP contribution is 2.29. The van der Waals surface area contributed by atoms with E-state index in [2.05, 4.69) is 5.32 Å². The molecule has 8 nitrogen and oxygen atoms in total. The lowest BCUT2D eigenvalue weighted by Gasteiger charge is -2.33. The van der Waals surface area contributed by atoms with E-state index in [1.54, 1.807) is 13.0 Å². The molecule has 1 aliphatic rings. The number of thioether (sulfide) groups is 1. The topological polar surface area (TPSA) is 96.0 Å². The highest BCUT2D eigenvalue weighted by Gasteiger charge is 2.31. The number of hydrogen-bond acceptors (Lipinski definition) is 6. The van der Waals surface area contributed by atoms with Gasteiger partial charge in [0.25, 0.3) is 0 Å². The average molecular weight is 402 g/mol. The van der Waals surface area contributed by atoms with Gasteiger partial charge in [-0.1, -0.05) is 0 Å². The van der Waals surface area contributed by atoms with Gasteiger partial charge in [-0.15, -0.1) is 11.8 Å². The van der Waals surface area contributed by atoms with Crippen LogP contribution in [-0.4, -0.2) is 68.7 Å². The molecule has 1 aliphatic heterocycles. The van der Waals surface area contributed by atoms with E-state index in [0.717, 1.165) is 4.90 Å². The second-order valence-electron chi connectivity index (χ2n) is 5.63. The Morgan fingerprint density at radius 3 is 2.42 bits per heavy atom. The van der Waals surface area contributed by atoms with Crippen LogP contribution in [0.25, 0.3) is 0 Å². The number of ether oxygens (including phenoxy) is 1. The molecule has 0 radical (unpaired) electrons. The summed E-state index contributed by atoms with van der Waals surface area (Å²) in [7, 11) is -3.71. The molecule has 0 aromatic heterocycles. The van der Waals surface area contributed by atoms with Crippen molar-refractivity contribution in [3.8, 4) is 0 Å². The summed E-state index contributed by atoms with van der Waals surface area (Å²) < 4.78 is 32.1. The Kier molecular flexibility index (Phi) is 6.90. The molecule has 0 saturated carbocycles. The van der Waals surface area contributed by atoms with Gasteiger partial charge in [-0.3, -0.25) is 4.79 Å². The molecular weight excluding hydrogens is 378 g/mol. The summed E-state index contributed by atoms with van der Waals surface area (Å²) in [5.41, 5.74) is 0.469. The molecule has 0 atom stereocenters. The zero-order valence-electron chi connectivity index (χ0n) is 15.0. The van der Waals surface area contributed by atoms with Gasteiger partial charge in [0.05, 0.1) is 17.2 Å². The van der Waals surface area contributed by atoms with Crippen molar-refractivity contribution >= 4 is 39.5 Å². The first kappa shape index (κ1) is 20.5. The van der Waals surface area contributed by atoms with Gasteiger partial charge in [0.15, 0.2) is 0 Å². The highest BCUT2D eigenvalue weighted by molar-refractivity contribution is 7.98. The molecule has 2 amide bonds. The number of sulfonamides is 1. The summed E-state index contributed by atoms with van der Waals surface area (Å²) in [6, 6.07) is 4.68. The first-order valence-electron chi connectivity index (χ1n) is 8.17. The zero-order chi connectivity index (χ0) is 19.3. The standard InChI is InChI=1S/C16H23N3O5S2/c1-4-24-16(21)18-7-9-19(10-8-18)26(22,23)13-5-6-15(25-3)14(11-13)17-12(2)20/h5-6,11H,4,7-10H2,1-3H3,(H,17,20). The minimum absolute atomic E-state index is 0.114. The van der Waals surface area contributed by atoms with E-state index < -0.39 is 16.1 Å². The number of piperazine rings is 1. The highest BCUT2D eigenvalue weighted by atomic mass is 32.2. The molecule has 2 rings (SSSR count). The molecule has 144 valence electrons. The molecule has 1 saturated heterocycles. The molecule has 1 aromatic rings. The Morgan fingerprint density at radius 2 is 1.88 bits per heavy atom. The van der Waals surface area contributed by atoms with Crippen molar-refractivity contribution in [3.05, 3.63) is 18.2 Å². The maximum atomic E-state index is 12.9. The maximum Gasteiger partial charge on any atom is 0.409 e. The van der Waals surface area contributed by atoms with Gasteiger partial charge >= 0.3 is 6.09 Å². The molecule has 0 aliphatic carbocycles. The van der Waals surface area contributed by atoms with Crippen molar-refractivity contribution in [2.24, 2.45) is 0 Å². The van der Waals surface area contributed by atoms with Gasteiger partial charge in [-0.25, -0.2) is 13.2 Å². The predicted molar refractivity (Wildman–Crippen MR) is 99.9 cm³/mol. The number of rotatable bonds is 5. The quantitative estimate of drug-likeness (QED) is 0.756. The van der Waals surface area contributed by atoms with Crippen LogP contribution in [-0.2, 0) is 19.6 Å². The van der Waals surface area contributed by atoms with Gasteiger partial charge in [0, 0.05) is 38.0 Å². The van der Waals surface area contributed by atoms with Crippen LogP contribution in [0.5, 0.6) is 0 Å². The van der Waals surface area contributed by atoms with Crippen LogP contribution in [0.1, 0.15) is 13.8 Å². The molecule has 1 N–H and O–H groups in total. The van der Waals surface area contributed by atoms with Gasteiger partial charge in [-0.2, -0.15) is 4.31 Å². The summed E-state index contributed by atoms with van der Waals surface area (Å²) in [5.74, 6) is -0.266. The third-order valence-electron chi connectivity index (χ3n) is 3.88. The Morgan fingerprint density at radius 1 is 1.23 bits per heavy atom. The maximum absolute atomic E-state index is 12.9. The van der Waals surface area contributed by atoms with E-state index in [1.165, 1.54) is 40.0 Å². The fourth-order valence-electron chi connectivity index (χ4n) is 2.61. The monoisotopic (exact) mass is 401 g/mol. The van der Waals surface area contributed by atoms with Gasteiger partial charge in [0.1, 0.15) is 0 Å². The third kappa shape index (κ3) is 4.68. The van der Waals surface area contributed by atoms with Crippen LogP contribution < -0.4 is 5.32 Å². The third-order valence-corrected chi connectivity index (χ3v) is 6.57. The number of nitrogens with zero attached hydrogens (tertiary/aromatic N) is 2. The summed E-state index contributed by atoms with van der Waals surface area (Å²) in [4.78, 5) is 25.5. The first-order chi connectivity index (χ1) is 12.3. The van der Waals surface area contributed by atoms with E-state index >= 15 is 0 Å². The summed E-state index contributed by atoms with van der Waals surface area (Å²) in [5, 5.41) is 2.66. The molecule has 0 unspecified atom stereocenters. The fraction of sp³-hybridized carbons (Fsp3) is 0.500. The number of anilines is 1. The van der Waals surface area contributed by atoms with Crippen molar-refractivity contribution in [2.45, 2.75) is 23.6 Å². The van der Waals surface area contributed by atoms with Crippen LogP contribution in [0.4, 0.5) is 10.5 Å². The molecule has 1 heterocycles. The van der Waals surface area contributed by atoms with Gasteiger partial charge in [-0.05, 0) is 31.4 Å². The van der Waals surface area contributed by atoms with Crippen molar-refractivity contribution in [2.75, 3.05) is 44.4 Å². The second kappa shape index (κ2) is 8.74. The largest absolute Gasteiger partial charge is 0.450 e. The van der Waals surface area contributed by atoms with Crippen molar-refractivity contribution < 1.29 is 22.7 Å². The Bertz CT molecular complexity index is 774. The normalized spacial score (nSPS) is 15.6. The average Bonchev–Trinajstić information content (AvgIpc) is 2.61. The van der Waals surface area contributed by atoms with E-state index in [-0.39, 0.29) is 43.6 Å². The summed E-state index contributed by atoms with van der Waals surface area (Å²) in [6.45, 7) is 4.33. The molecular formula is C16H23N3O5S2. The molecule has 26 heavy (non-hydrogen) atoms. The van der Waals surface area contributed by atoms with E-state index in [9.17, 15) is 18.0 Å². The molecule has 0 bridgehead atoms. The summed E-state index contributed by atoms with van der Waals surface area (Å²) in [6.07, 6.45) is 1.42. The lowest BCUT2D eigenvalue weighted by Crippen LogP contribution is -2.50. The van der Waals surface area contributed by atoms with E-state index in [1.807, 2.05) is 6.26 Å². The molecule has 1 fully saturated rings. The number of carbonyl (C=O) groups excluding carboxylic acids is 2. The predicted octanol–water partition coefficient (Wildman–Crippen LogP) is 1.83. The Labute approximate surface area is 157 Å². The number of carbonyl (C=O) groups is 2. The number of amides is 2. The number of nitrogens with one attached hydrogen (secondary N) is 1. The Balaban J connectivity index is 2.18. The molecule has 10 heteroatoms. The van der Waals surface area contributed by atoms with Gasteiger partial charge in [0.2, 0.25) is 15.9 Å². The van der Waals surface area contributed by atoms with Crippen molar-refractivity contribution in [1.82, 2.24) is 9.21 Å². The smallest absolute Gasteiger partial charge is 0.409 e. The molecule has 0 spiro atoms. The minimum atomic E-state index is -3.71. The fourth-order valence-corrected chi connectivity index (χ4v) is 4.59. The van der Waals surface area contributed by atoms with Gasteiger partial charge < -0.3 is 15.0 Å². The molecule has 1 aromatic carbocycles. The summed E-state index contributed by atoms with van der Waals surface area (Å²) >= 11 is 1.42. The van der Waals surface area contributed by atoms with Crippen LogP contribution >= 0.6 is 11.8 Å². The van der Waals surface area contributed by atoms with Crippen LogP contribution in [0.15, 0.2) is 28.0 Å². The van der Waals surface area contributed by atoms with Crippen molar-refractivity contribution in [1.29, 1.82) is 0 Å². The lowest BCUT2D eigenvalue weighted by atomic mass is 10.3. The van der Waals surface area contributed by atoms with E-state index in [4.69, 9.17) is 4.74 Å². The number of benzene rings is 1. The second-order valence-corrected chi connectivity index (χ2v) is 8.42. The van der Waals surface area contributed by atoms with Crippen LogP contribution in [0.2, 0.25) is 0 Å². The van der Waals surface area contributed by atoms with Crippen molar-refractivity contribution in [3.63, 3.8) is 0 Å². The Hall–Kier alpha value is -1.78. The zero-order valence-corrected chi connectivity index (χ0v) is 16.7. The van der Waals surface area contributed by atoms with E-state index in [0.29, 0.717) is 5.69 Å². The lowest BCUT2D eigenvalue weighted by molar-refractivity contribution is -0.114. The minimum Gasteiger partial charge on any atom is -0.450 e. The van der Waals surface area contributed by atoms with Crippen LogP contribution in [0.3, 0.4) is 0 Å². The SMILES string of the molecule is CCOC(=O)N1CCN(S(=O)(=O)c2ccc(SC)c(NC(C)=O)c2)CC1. The van der Waals surface area contributed by atoms with Crippen LogP contribution in [0, 0.1) is 0 Å².